The van der Waals surface area contributed by atoms with E-state index in [0.29, 0.717) is 35.2 Å². The Morgan fingerprint density at radius 1 is 1.06 bits per heavy atom. The first-order valence-corrected chi connectivity index (χ1v) is 11.4. The first-order valence-electron chi connectivity index (χ1n) is 11.4. The van der Waals surface area contributed by atoms with Gasteiger partial charge in [0, 0.05) is 44.2 Å². The summed E-state index contributed by atoms with van der Waals surface area (Å²) in [5.74, 6) is 1.91. The topological polar surface area (TPSA) is 86.5 Å². The Balaban J connectivity index is 1.44. The average Bonchev–Trinajstić information content (AvgIpc) is 2.87. The Kier molecular flexibility index (Phi) is 7.55. The van der Waals surface area contributed by atoms with Gasteiger partial charge in [-0.05, 0) is 31.2 Å². The molecule has 0 bridgehead atoms. The Bertz CT molecular complexity index is 1120. The predicted octanol–water partition coefficient (Wildman–Crippen LogP) is 3.66. The van der Waals surface area contributed by atoms with E-state index < -0.39 is 0 Å². The minimum Gasteiger partial charge on any atom is -0.493 e. The minimum atomic E-state index is 0.548. The number of nitriles is 1. The van der Waals surface area contributed by atoms with E-state index >= 15 is 0 Å². The third-order valence-corrected chi connectivity index (χ3v) is 6.01. The van der Waals surface area contributed by atoms with Gasteiger partial charge >= 0.3 is 0 Å². The molecule has 4 rings (SSSR count). The van der Waals surface area contributed by atoms with Crippen LogP contribution in [0.1, 0.15) is 18.9 Å². The zero-order chi connectivity index (χ0) is 23.0. The fourth-order valence-electron chi connectivity index (χ4n) is 4.05. The van der Waals surface area contributed by atoms with Gasteiger partial charge in [-0.25, -0.2) is 9.97 Å². The van der Waals surface area contributed by atoms with Crippen molar-refractivity contribution in [2.24, 2.45) is 0 Å². The van der Waals surface area contributed by atoms with Crippen molar-refractivity contribution in [2.75, 3.05) is 58.3 Å². The summed E-state index contributed by atoms with van der Waals surface area (Å²) < 4.78 is 11.7. The average molecular weight is 447 g/mol. The van der Waals surface area contributed by atoms with Crippen molar-refractivity contribution in [2.45, 2.75) is 13.3 Å². The normalized spacial score (nSPS) is 14.7. The van der Waals surface area contributed by atoms with E-state index in [1.165, 1.54) is 6.33 Å². The van der Waals surface area contributed by atoms with Crippen LogP contribution in [0.15, 0.2) is 42.7 Å². The predicted molar refractivity (Wildman–Crippen MR) is 129 cm³/mol. The molecular formula is C25H30N6O2. The molecule has 172 valence electrons. The van der Waals surface area contributed by atoms with Crippen molar-refractivity contribution < 1.29 is 9.47 Å². The maximum absolute atomic E-state index is 9.37. The van der Waals surface area contributed by atoms with Gasteiger partial charge < -0.3 is 24.6 Å². The second kappa shape index (κ2) is 10.9. The van der Waals surface area contributed by atoms with E-state index in [4.69, 9.17) is 9.47 Å². The fraction of sp³-hybridized carbons (Fsp3) is 0.400. The van der Waals surface area contributed by atoms with Crippen molar-refractivity contribution in [3.8, 4) is 17.6 Å². The fourth-order valence-corrected chi connectivity index (χ4v) is 4.05. The molecule has 1 aromatic heterocycles. The Labute approximate surface area is 194 Å². The number of hydrogen-bond acceptors (Lipinski definition) is 8. The third-order valence-electron chi connectivity index (χ3n) is 6.01. The van der Waals surface area contributed by atoms with Gasteiger partial charge in [0.2, 0.25) is 0 Å². The Hall–Kier alpha value is -3.41. The quantitative estimate of drug-likeness (QED) is 0.499. The van der Waals surface area contributed by atoms with Crippen LogP contribution in [0.3, 0.4) is 0 Å². The lowest BCUT2D eigenvalue weighted by molar-refractivity contribution is 0.130. The van der Waals surface area contributed by atoms with Gasteiger partial charge in [0.25, 0.3) is 0 Å². The smallest absolute Gasteiger partial charge is 0.163 e. The Morgan fingerprint density at radius 3 is 2.61 bits per heavy atom. The van der Waals surface area contributed by atoms with Crippen LogP contribution in [0, 0.1) is 11.3 Å². The maximum Gasteiger partial charge on any atom is 0.163 e. The highest BCUT2D eigenvalue weighted by Crippen LogP contribution is 2.35. The molecule has 0 unspecified atom stereocenters. The molecule has 1 aliphatic heterocycles. The van der Waals surface area contributed by atoms with E-state index in [1.807, 2.05) is 30.3 Å². The summed E-state index contributed by atoms with van der Waals surface area (Å²) in [7, 11) is 1.63. The molecule has 0 aliphatic carbocycles. The molecule has 2 aromatic carbocycles. The van der Waals surface area contributed by atoms with Gasteiger partial charge in [0.05, 0.1) is 30.5 Å². The lowest BCUT2D eigenvalue weighted by Gasteiger charge is -2.33. The van der Waals surface area contributed by atoms with Crippen LogP contribution < -0.4 is 14.8 Å². The molecule has 2 heterocycles. The van der Waals surface area contributed by atoms with Crippen molar-refractivity contribution in [1.29, 1.82) is 5.26 Å². The van der Waals surface area contributed by atoms with Crippen molar-refractivity contribution in [1.82, 2.24) is 19.8 Å². The number of nitrogens with zero attached hydrogens (tertiary/aromatic N) is 5. The largest absolute Gasteiger partial charge is 0.493 e. The first-order chi connectivity index (χ1) is 16.2. The van der Waals surface area contributed by atoms with Crippen molar-refractivity contribution >= 4 is 22.4 Å². The number of methoxy groups -OCH3 is 1. The maximum atomic E-state index is 9.37. The molecule has 0 radical (unpaired) electrons. The number of nitrogens with one attached hydrogen (secondary N) is 1. The van der Waals surface area contributed by atoms with E-state index in [0.717, 1.165) is 56.6 Å². The van der Waals surface area contributed by atoms with Gasteiger partial charge in [-0.15, -0.1) is 0 Å². The highest BCUT2D eigenvalue weighted by molar-refractivity contribution is 5.93. The second-order valence-electron chi connectivity index (χ2n) is 8.00. The van der Waals surface area contributed by atoms with Gasteiger partial charge in [-0.3, -0.25) is 0 Å². The molecule has 1 aliphatic rings. The van der Waals surface area contributed by atoms with Gasteiger partial charge in [-0.1, -0.05) is 19.1 Å². The summed E-state index contributed by atoms with van der Waals surface area (Å²) >= 11 is 0. The molecule has 0 amide bonds. The molecule has 8 heteroatoms. The number of piperazine rings is 1. The second-order valence-corrected chi connectivity index (χ2v) is 8.00. The number of ether oxygens (including phenoxy) is 2. The summed E-state index contributed by atoms with van der Waals surface area (Å²) in [4.78, 5) is 13.8. The van der Waals surface area contributed by atoms with Crippen LogP contribution in [-0.4, -0.2) is 72.8 Å². The molecule has 0 atom stereocenters. The van der Waals surface area contributed by atoms with Crippen LogP contribution in [0.25, 0.3) is 10.9 Å². The zero-order valence-corrected chi connectivity index (χ0v) is 19.3. The third kappa shape index (κ3) is 5.51. The highest BCUT2D eigenvalue weighted by Gasteiger charge is 2.16. The zero-order valence-electron chi connectivity index (χ0n) is 19.3. The van der Waals surface area contributed by atoms with E-state index in [-0.39, 0.29) is 0 Å². The lowest BCUT2D eigenvalue weighted by Crippen LogP contribution is -2.46. The molecule has 1 N–H and O–H groups in total. The molecule has 33 heavy (non-hydrogen) atoms. The van der Waals surface area contributed by atoms with Gasteiger partial charge in [0.1, 0.15) is 18.2 Å². The molecule has 0 spiro atoms. The number of rotatable bonds is 9. The van der Waals surface area contributed by atoms with Gasteiger partial charge in [-0.2, -0.15) is 5.26 Å². The number of benzene rings is 2. The summed E-state index contributed by atoms with van der Waals surface area (Å²) in [5, 5.41) is 13.4. The number of anilines is 2. The summed E-state index contributed by atoms with van der Waals surface area (Å²) in [5.41, 5.74) is 1.99. The van der Waals surface area contributed by atoms with E-state index in [9.17, 15) is 5.26 Å². The standard InChI is InChI=1S/C25H30N6O2/c1-3-30-10-12-31(13-11-30)9-6-14-33-24-16-22-20(15-23(24)32-2)25(28-18-27-22)29-21-8-5-4-7-19(21)17-26/h4-5,7-8,15-16,18H,3,6,9-14H2,1-2H3,(H,27,28,29). The summed E-state index contributed by atoms with van der Waals surface area (Å²) in [6.45, 7) is 9.52. The summed E-state index contributed by atoms with van der Waals surface area (Å²) in [6.07, 6.45) is 2.46. The van der Waals surface area contributed by atoms with E-state index in [1.54, 1.807) is 13.2 Å². The highest BCUT2D eigenvalue weighted by atomic mass is 16.5. The van der Waals surface area contributed by atoms with Crippen LogP contribution in [0.2, 0.25) is 0 Å². The van der Waals surface area contributed by atoms with Crippen molar-refractivity contribution in [3.05, 3.63) is 48.3 Å². The summed E-state index contributed by atoms with van der Waals surface area (Å²) in [6, 6.07) is 13.3. The number of para-hydroxylation sites is 1. The molecule has 3 aromatic rings. The molecule has 8 nitrogen and oxygen atoms in total. The van der Waals surface area contributed by atoms with E-state index in [2.05, 4.69) is 38.1 Å². The van der Waals surface area contributed by atoms with Crippen LogP contribution >= 0.6 is 0 Å². The SMILES string of the molecule is CCN1CCN(CCCOc2cc3ncnc(Nc4ccccc4C#N)c3cc2OC)CC1. The number of hydrogen-bond donors (Lipinski definition) is 1. The lowest BCUT2D eigenvalue weighted by atomic mass is 10.1. The van der Waals surface area contributed by atoms with Gasteiger partial charge in [0.15, 0.2) is 11.5 Å². The number of likely N-dealkylation sites (N-methyl/N-ethyl adjacent to an activating group) is 1. The molecule has 1 saturated heterocycles. The van der Waals surface area contributed by atoms with Crippen LogP contribution in [0.5, 0.6) is 11.5 Å². The monoisotopic (exact) mass is 446 g/mol. The molecule has 0 saturated carbocycles. The van der Waals surface area contributed by atoms with Crippen LogP contribution in [-0.2, 0) is 0 Å². The minimum absolute atomic E-state index is 0.548. The van der Waals surface area contributed by atoms with Crippen molar-refractivity contribution in [3.63, 3.8) is 0 Å². The number of fused-ring (bicyclic) bond motifs is 1. The molecule has 1 fully saturated rings. The Morgan fingerprint density at radius 2 is 1.85 bits per heavy atom. The first kappa shape index (κ1) is 22.8. The number of aromatic nitrogens is 2. The van der Waals surface area contributed by atoms with Crippen LogP contribution in [0.4, 0.5) is 11.5 Å². The molecular weight excluding hydrogens is 416 g/mol.